The number of allylic oxidation sites excluding steroid dienone is 1. The first-order chi connectivity index (χ1) is 27.5. The van der Waals surface area contributed by atoms with Crippen LogP contribution in [0.2, 0.25) is 0 Å². The minimum absolute atomic E-state index is 0.00220. The zero-order valence-electron chi connectivity index (χ0n) is 34.4. The third-order valence-corrected chi connectivity index (χ3v) is 14.7. The highest BCUT2D eigenvalue weighted by atomic mass is 32.2. The summed E-state index contributed by atoms with van der Waals surface area (Å²) in [5.41, 5.74) is -3.89. The first kappa shape index (κ1) is 44.0. The normalized spacial score (nSPS) is 29.2. The second kappa shape index (κ2) is 16.1. The van der Waals surface area contributed by atoms with Crippen LogP contribution >= 0.6 is 0 Å². The Morgan fingerprint density at radius 2 is 1.85 bits per heavy atom. The molecule has 2 saturated carbocycles. The fourth-order valence-electron chi connectivity index (χ4n) is 7.85. The predicted molar refractivity (Wildman–Crippen MR) is 211 cm³/mol. The minimum atomic E-state index is -4.08. The number of aromatic nitrogens is 1. The molecule has 18 heteroatoms. The van der Waals surface area contributed by atoms with Gasteiger partial charge < -0.3 is 29.7 Å². The SMILES string of the molecule is CC[C@@H]1C[C@@H](C)CC/C=C\[C@@H]2C[C@@]2(C(=O)NS(=O)(=O)C2(C)CC2)NC(=O)[C@@H]2C[C@@H](Oc3nccc4cc(OC)c(F)cc34)CN2C(=O)[C@H]1NC(=O)OC(C)(C)C(C)(F)F. The van der Waals surface area contributed by atoms with Gasteiger partial charge in [-0.05, 0) is 94.7 Å². The van der Waals surface area contributed by atoms with Crippen LogP contribution in [0.1, 0.15) is 92.9 Å². The number of sulfonamides is 1. The fraction of sp³-hybridized carbons (Fsp3) is 0.634. The summed E-state index contributed by atoms with van der Waals surface area (Å²) in [7, 11) is -2.75. The predicted octanol–water partition coefficient (Wildman–Crippen LogP) is 5.54. The van der Waals surface area contributed by atoms with Gasteiger partial charge in [-0.15, -0.1) is 0 Å². The number of hydrogen-bond donors (Lipinski definition) is 3. The number of alkyl halides is 2. The van der Waals surface area contributed by atoms with Crippen LogP contribution < -0.4 is 24.8 Å². The second-order valence-electron chi connectivity index (χ2n) is 17.4. The van der Waals surface area contributed by atoms with E-state index >= 15 is 0 Å². The number of halogens is 3. The van der Waals surface area contributed by atoms with Crippen molar-refractivity contribution in [3.05, 3.63) is 42.4 Å². The molecule has 1 aromatic heterocycles. The molecule has 14 nitrogen and oxygen atoms in total. The lowest BCUT2D eigenvalue weighted by Crippen LogP contribution is -2.60. The summed E-state index contributed by atoms with van der Waals surface area (Å²) in [5, 5.41) is 6.19. The van der Waals surface area contributed by atoms with E-state index in [0.29, 0.717) is 50.8 Å². The van der Waals surface area contributed by atoms with E-state index in [1.54, 1.807) is 12.1 Å². The maximum atomic E-state index is 14.9. The molecular formula is C41H54F3N5O9S. The van der Waals surface area contributed by atoms with Gasteiger partial charge in [0.25, 0.3) is 11.8 Å². The summed E-state index contributed by atoms with van der Waals surface area (Å²) in [5.74, 6) is -7.59. The summed E-state index contributed by atoms with van der Waals surface area (Å²) in [6.07, 6.45) is 5.66. The Morgan fingerprint density at radius 1 is 1.14 bits per heavy atom. The van der Waals surface area contributed by atoms with Crippen molar-refractivity contribution >= 4 is 44.6 Å². The van der Waals surface area contributed by atoms with Crippen molar-refractivity contribution in [2.75, 3.05) is 13.7 Å². The van der Waals surface area contributed by atoms with Gasteiger partial charge in [0, 0.05) is 30.8 Å². The molecule has 0 spiro atoms. The van der Waals surface area contributed by atoms with E-state index in [1.807, 2.05) is 19.9 Å². The monoisotopic (exact) mass is 849 g/mol. The number of carbonyl (C=O) groups excluding carboxylic acids is 4. The Hall–Kier alpha value is -4.61. The molecule has 3 fully saturated rings. The van der Waals surface area contributed by atoms with Gasteiger partial charge in [0.05, 0.1) is 18.4 Å². The van der Waals surface area contributed by atoms with E-state index in [-0.39, 0.29) is 42.3 Å². The van der Waals surface area contributed by atoms with Crippen LogP contribution in [0.3, 0.4) is 0 Å². The van der Waals surface area contributed by atoms with E-state index < -0.39 is 91.5 Å². The third kappa shape index (κ3) is 8.97. The molecule has 4 aliphatic rings. The van der Waals surface area contributed by atoms with E-state index in [1.165, 1.54) is 37.3 Å². The lowest BCUT2D eigenvalue weighted by atomic mass is 9.85. The highest BCUT2D eigenvalue weighted by Crippen LogP contribution is 2.48. The summed E-state index contributed by atoms with van der Waals surface area (Å²) >= 11 is 0. The van der Waals surface area contributed by atoms with Gasteiger partial charge in [-0.25, -0.2) is 31.4 Å². The van der Waals surface area contributed by atoms with Gasteiger partial charge in [-0.2, -0.15) is 0 Å². The zero-order valence-corrected chi connectivity index (χ0v) is 35.2. The van der Waals surface area contributed by atoms with Crippen molar-refractivity contribution in [3.63, 3.8) is 0 Å². The van der Waals surface area contributed by atoms with Crippen LogP contribution in [-0.2, 0) is 29.1 Å². The standard InChI is InChI=1S/C41H54F3N5O9S/c1-8-24-17-23(2)11-9-10-12-26-21-41(26,36(52)48-59(54,55)39(5)14-15-39)47-33(50)30-19-27(57-34-28-20-29(42)31(56-7)18-25(28)13-16-45-34)22-49(30)35(51)32(24)46-37(53)58-38(3,4)40(6,43)44/h10,12-13,16,18,20,23-24,26-27,30,32H,8-9,11,14-15,17,19,21-22H2,1-7H3,(H,46,53)(H,47,50)(H,48,52)/b12-10-/t23-,24+,26+,27+,30-,32-,41+/m0/s1. The van der Waals surface area contributed by atoms with E-state index in [0.717, 1.165) is 13.8 Å². The van der Waals surface area contributed by atoms with Gasteiger partial charge >= 0.3 is 6.09 Å². The molecule has 0 unspecified atom stereocenters. The van der Waals surface area contributed by atoms with Crippen LogP contribution in [-0.4, -0.2) is 95.8 Å². The number of ether oxygens (including phenoxy) is 3. The van der Waals surface area contributed by atoms with Gasteiger partial charge in [-0.3, -0.25) is 19.1 Å². The number of pyridine rings is 1. The first-order valence-corrected chi connectivity index (χ1v) is 21.5. The molecule has 3 N–H and O–H groups in total. The van der Waals surface area contributed by atoms with E-state index in [9.17, 15) is 40.8 Å². The Balaban J connectivity index is 1.38. The van der Waals surface area contributed by atoms with Gasteiger partial charge in [-0.1, -0.05) is 32.4 Å². The number of carbonyl (C=O) groups is 4. The maximum absolute atomic E-state index is 14.9. The number of alkyl carbamates (subject to hydrolysis) is 1. The van der Waals surface area contributed by atoms with Crippen LogP contribution in [0.25, 0.3) is 10.8 Å². The molecular weight excluding hydrogens is 796 g/mol. The van der Waals surface area contributed by atoms with E-state index in [2.05, 4.69) is 20.3 Å². The first-order valence-electron chi connectivity index (χ1n) is 20.1. The van der Waals surface area contributed by atoms with Gasteiger partial charge in [0.2, 0.25) is 27.7 Å². The number of fused-ring (bicyclic) bond motifs is 3. The van der Waals surface area contributed by atoms with Crippen LogP contribution in [0.4, 0.5) is 18.0 Å². The third-order valence-electron chi connectivity index (χ3n) is 12.6. The Kier molecular flexibility index (Phi) is 12.0. The quantitative estimate of drug-likeness (QED) is 0.257. The molecule has 6 rings (SSSR count). The maximum Gasteiger partial charge on any atom is 0.408 e. The highest BCUT2D eigenvalue weighted by Gasteiger charge is 2.63. The van der Waals surface area contributed by atoms with Crippen LogP contribution in [0, 0.1) is 23.6 Å². The number of methoxy groups -OCH3 is 1. The van der Waals surface area contributed by atoms with Crippen molar-refractivity contribution < 1.29 is 55.0 Å². The number of benzene rings is 1. The zero-order chi connectivity index (χ0) is 43.3. The number of nitrogens with one attached hydrogen (secondary N) is 3. The molecule has 7 atom stereocenters. The molecule has 2 aliphatic heterocycles. The van der Waals surface area contributed by atoms with Crippen LogP contribution in [0.5, 0.6) is 11.6 Å². The lowest BCUT2D eigenvalue weighted by molar-refractivity contribution is -0.152. The highest BCUT2D eigenvalue weighted by molar-refractivity contribution is 7.91. The summed E-state index contributed by atoms with van der Waals surface area (Å²) in [4.78, 5) is 62.4. The smallest absolute Gasteiger partial charge is 0.408 e. The second-order valence-corrected chi connectivity index (χ2v) is 19.6. The largest absolute Gasteiger partial charge is 0.494 e. The number of hydrogen-bond acceptors (Lipinski definition) is 10. The topological polar surface area (TPSA) is 182 Å². The number of rotatable bonds is 10. The average Bonchev–Trinajstić information content (AvgIpc) is 4.03. The van der Waals surface area contributed by atoms with Crippen molar-refractivity contribution in [3.8, 4) is 11.6 Å². The molecule has 4 amide bonds. The Labute approximate surface area is 342 Å². The van der Waals surface area contributed by atoms with Crippen LogP contribution in [0.15, 0.2) is 36.5 Å². The van der Waals surface area contributed by atoms with Crippen molar-refractivity contribution in [2.24, 2.45) is 17.8 Å². The number of amides is 4. The minimum Gasteiger partial charge on any atom is -0.494 e. The van der Waals surface area contributed by atoms with Gasteiger partial charge in [0.15, 0.2) is 17.2 Å². The molecule has 324 valence electrons. The summed E-state index contributed by atoms with van der Waals surface area (Å²) in [6, 6.07) is 1.62. The summed E-state index contributed by atoms with van der Waals surface area (Å²) < 4.78 is 88.0. The molecule has 1 saturated heterocycles. The van der Waals surface area contributed by atoms with Crippen molar-refractivity contribution in [1.82, 2.24) is 25.2 Å². The van der Waals surface area contributed by atoms with E-state index in [4.69, 9.17) is 14.2 Å². The van der Waals surface area contributed by atoms with Gasteiger partial charge in [0.1, 0.15) is 23.7 Å². The molecule has 2 aliphatic carbocycles. The molecule has 0 radical (unpaired) electrons. The number of nitrogens with zero attached hydrogens (tertiary/aromatic N) is 2. The molecule has 0 bridgehead atoms. The fourth-order valence-corrected chi connectivity index (χ4v) is 9.16. The Morgan fingerprint density at radius 3 is 2.49 bits per heavy atom. The molecule has 3 heterocycles. The molecule has 59 heavy (non-hydrogen) atoms. The van der Waals surface area contributed by atoms with Crippen molar-refractivity contribution in [2.45, 2.75) is 133 Å². The Bertz CT molecular complexity index is 2130. The average molecular weight is 850 g/mol. The molecule has 2 aromatic rings. The molecule has 1 aromatic carbocycles. The summed E-state index contributed by atoms with van der Waals surface area (Å²) in [6.45, 7) is 7.83. The lowest BCUT2D eigenvalue weighted by Gasteiger charge is -2.35. The van der Waals surface area contributed by atoms with Crippen molar-refractivity contribution in [1.29, 1.82) is 0 Å².